The van der Waals surface area contributed by atoms with Gasteiger partial charge in [0.05, 0.1) is 18.3 Å². The average molecular weight is 356 g/mol. The number of para-hydroxylation sites is 1. The Morgan fingerprint density at radius 2 is 1.87 bits per heavy atom. The van der Waals surface area contributed by atoms with E-state index in [4.69, 9.17) is 42.6 Å². The van der Waals surface area contributed by atoms with Crippen LogP contribution in [0.15, 0.2) is 41.6 Å². The van der Waals surface area contributed by atoms with E-state index in [9.17, 15) is 0 Å². The summed E-state index contributed by atoms with van der Waals surface area (Å²) in [6.45, 7) is 0.503. The first-order chi connectivity index (χ1) is 11.2. The van der Waals surface area contributed by atoms with Crippen LogP contribution >= 0.6 is 23.2 Å². The average Bonchev–Trinajstić information content (AvgIpc) is 2.55. The summed E-state index contributed by atoms with van der Waals surface area (Å²) in [6, 6.07) is 10.2. The molecule has 0 aliphatic heterocycles. The van der Waals surface area contributed by atoms with E-state index in [0.717, 1.165) is 0 Å². The van der Waals surface area contributed by atoms with E-state index in [2.05, 4.69) is 5.16 Å². The third-order valence-electron chi connectivity index (χ3n) is 2.91. The van der Waals surface area contributed by atoms with Crippen molar-refractivity contribution in [3.8, 4) is 17.2 Å². The van der Waals surface area contributed by atoms with Gasteiger partial charge in [-0.3, -0.25) is 0 Å². The van der Waals surface area contributed by atoms with Crippen molar-refractivity contribution in [3.05, 3.63) is 52.0 Å². The van der Waals surface area contributed by atoms with Gasteiger partial charge in [0, 0.05) is 16.7 Å². The molecule has 5 nitrogen and oxygen atoms in total. The Hall–Kier alpha value is -2.11. The highest BCUT2D eigenvalue weighted by atomic mass is 35.5. The van der Waals surface area contributed by atoms with Gasteiger partial charge in [0.25, 0.3) is 0 Å². The van der Waals surface area contributed by atoms with Crippen molar-refractivity contribution in [2.24, 2.45) is 5.16 Å². The lowest BCUT2D eigenvalue weighted by Gasteiger charge is -2.14. The quantitative estimate of drug-likeness (QED) is 0.348. The van der Waals surface area contributed by atoms with E-state index in [1.807, 2.05) is 0 Å². The fraction of sp³-hybridized carbons (Fsp3) is 0.188. The number of ether oxygens (including phenoxy) is 3. The van der Waals surface area contributed by atoms with Gasteiger partial charge >= 0.3 is 0 Å². The number of hydrogen-bond acceptors (Lipinski definition) is 5. The molecule has 0 saturated heterocycles. The van der Waals surface area contributed by atoms with Gasteiger partial charge in [0.2, 0.25) is 0 Å². The van der Waals surface area contributed by atoms with Crippen LogP contribution in [0.25, 0.3) is 0 Å². The first kappa shape index (κ1) is 17.2. The summed E-state index contributed by atoms with van der Waals surface area (Å²) in [5.74, 6) is 1.48. The van der Waals surface area contributed by atoms with Crippen molar-refractivity contribution in [3.63, 3.8) is 0 Å². The number of halogens is 2. The minimum absolute atomic E-state index is 0.246. The van der Waals surface area contributed by atoms with Crippen molar-refractivity contribution >= 4 is 29.4 Å². The molecule has 0 amide bonds. The standard InChI is InChI=1S/C16H15Cl2NO4/c1-21-14-4-2-3-11(10-19-20)16(14)23-8-7-22-15-9-12(17)5-6-13(15)18/h2-6,9-10,20H,7-8H2,1H3. The summed E-state index contributed by atoms with van der Waals surface area (Å²) in [5.41, 5.74) is 0.590. The monoisotopic (exact) mass is 355 g/mol. The largest absolute Gasteiger partial charge is 0.493 e. The van der Waals surface area contributed by atoms with E-state index in [0.29, 0.717) is 32.9 Å². The van der Waals surface area contributed by atoms with Crippen LogP contribution in [0.4, 0.5) is 0 Å². The van der Waals surface area contributed by atoms with Gasteiger partial charge in [-0.25, -0.2) is 0 Å². The SMILES string of the molecule is COc1cccc(C=NO)c1OCCOc1cc(Cl)ccc1Cl. The molecule has 122 valence electrons. The molecule has 2 aromatic rings. The summed E-state index contributed by atoms with van der Waals surface area (Å²) in [6.07, 6.45) is 1.27. The molecular formula is C16H15Cl2NO4. The lowest BCUT2D eigenvalue weighted by atomic mass is 10.2. The maximum atomic E-state index is 8.71. The van der Waals surface area contributed by atoms with Crippen molar-refractivity contribution in [2.75, 3.05) is 20.3 Å². The highest BCUT2D eigenvalue weighted by Gasteiger charge is 2.10. The zero-order valence-corrected chi connectivity index (χ0v) is 13.8. The Bertz CT molecular complexity index is 692. The zero-order valence-electron chi connectivity index (χ0n) is 12.3. The molecule has 1 N–H and O–H groups in total. The van der Waals surface area contributed by atoms with Gasteiger partial charge < -0.3 is 19.4 Å². The molecule has 0 bridgehead atoms. The summed E-state index contributed by atoms with van der Waals surface area (Å²) >= 11 is 11.9. The maximum absolute atomic E-state index is 8.71. The van der Waals surface area contributed by atoms with Gasteiger partial charge in [0.1, 0.15) is 19.0 Å². The molecule has 0 saturated carbocycles. The maximum Gasteiger partial charge on any atom is 0.170 e. The van der Waals surface area contributed by atoms with Crippen LogP contribution in [0.2, 0.25) is 10.0 Å². The van der Waals surface area contributed by atoms with Crippen LogP contribution in [-0.2, 0) is 0 Å². The second-order valence-corrected chi connectivity index (χ2v) is 5.24. The van der Waals surface area contributed by atoms with Gasteiger partial charge in [-0.05, 0) is 24.3 Å². The van der Waals surface area contributed by atoms with E-state index in [1.165, 1.54) is 13.3 Å². The van der Waals surface area contributed by atoms with Gasteiger partial charge in [-0.2, -0.15) is 0 Å². The van der Waals surface area contributed by atoms with Crippen molar-refractivity contribution in [1.82, 2.24) is 0 Å². The van der Waals surface area contributed by atoms with Crippen LogP contribution in [-0.4, -0.2) is 31.7 Å². The molecule has 0 aliphatic carbocycles. The molecule has 2 aromatic carbocycles. The number of methoxy groups -OCH3 is 1. The van der Waals surface area contributed by atoms with Crippen LogP contribution in [0.5, 0.6) is 17.2 Å². The Morgan fingerprint density at radius 1 is 1.09 bits per heavy atom. The number of oxime groups is 1. The predicted octanol–water partition coefficient (Wildman–Crippen LogP) is 4.27. The first-order valence-corrected chi connectivity index (χ1v) is 7.46. The van der Waals surface area contributed by atoms with E-state index < -0.39 is 0 Å². The summed E-state index contributed by atoms with van der Waals surface area (Å²) in [5, 5.41) is 12.7. The minimum Gasteiger partial charge on any atom is -0.493 e. The Kier molecular flexibility index (Phi) is 6.38. The van der Waals surface area contributed by atoms with Crippen LogP contribution in [0, 0.1) is 0 Å². The Balaban J connectivity index is 2.00. The lowest BCUT2D eigenvalue weighted by molar-refractivity contribution is 0.211. The molecule has 0 atom stereocenters. The molecule has 0 radical (unpaired) electrons. The Labute approximate surface area is 144 Å². The van der Waals surface area contributed by atoms with E-state index in [-0.39, 0.29) is 13.2 Å². The fourth-order valence-electron chi connectivity index (χ4n) is 1.90. The number of nitrogens with zero attached hydrogens (tertiary/aromatic N) is 1. The molecular weight excluding hydrogens is 341 g/mol. The van der Waals surface area contributed by atoms with Crippen LogP contribution < -0.4 is 14.2 Å². The fourth-order valence-corrected chi connectivity index (χ4v) is 2.23. The smallest absolute Gasteiger partial charge is 0.170 e. The molecule has 0 unspecified atom stereocenters. The normalized spacial score (nSPS) is 10.7. The molecule has 0 heterocycles. The second kappa shape index (κ2) is 8.50. The number of rotatable bonds is 7. The highest BCUT2D eigenvalue weighted by Crippen LogP contribution is 2.30. The zero-order chi connectivity index (χ0) is 16.7. The van der Waals surface area contributed by atoms with Crippen LogP contribution in [0.1, 0.15) is 5.56 Å². The number of benzene rings is 2. The molecule has 0 spiro atoms. The topological polar surface area (TPSA) is 60.3 Å². The van der Waals surface area contributed by atoms with Crippen molar-refractivity contribution in [2.45, 2.75) is 0 Å². The summed E-state index contributed by atoms with van der Waals surface area (Å²) in [7, 11) is 1.53. The molecule has 7 heteroatoms. The molecule has 23 heavy (non-hydrogen) atoms. The van der Waals surface area contributed by atoms with E-state index >= 15 is 0 Å². The van der Waals surface area contributed by atoms with E-state index in [1.54, 1.807) is 36.4 Å². The van der Waals surface area contributed by atoms with Gasteiger partial charge in [-0.15, -0.1) is 0 Å². The first-order valence-electron chi connectivity index (χ1n) is 6.70. The van der Waals surface area contributed by atoms with Gasteiger partial charge in [0.15, 0.2) is 11.5 Å². The van der Waals surface area contributed by atoms with Crippen LogP contribution in [0.3, 0.4) is 0 Å². The molecule has 0 aliphatic rings. The predicted molar refractivity (Wildman–Crippen MR) is 89.8 cm³/mol. The minimum atomic E-state index is 0.246. The van der Waals surface area contributed by atoms with Gasteiger partial charge in [-0.1, -0.05) is 34.4 Å². The third-order valence-corrected chi connectivity index (χ3v) is 3.45. The molecule has 2 rings (SSSR count). The second-order valence-electron chi connectivity index (χ2n) is 4.39. The molecule has 0 fully saturated rings. The highest BCUT2D eigenvalue weighted by molar-refractivity contribution is 6.34. The lowest BCUT2D eigenvalue weighted by Crippen LogP contribution is -2.11. The summed E-state index contributed by atoms with van der Waals surface area (Å²) < 4.78 is 16.5. The van der Waals surface area contributed by atoms with Crippen molar-refractivity contribution in [1.29, 1.82) is 0 Å². The third kappa shape index (κ3) is 4.68. The Morgan fingerprint density at radius 3 is 2.61 bits per heavy atom. The van der Waals surface area contributed by atoms with Crippen molar-refractivity contribution < 1.29 is 19.4 Å². The summed E-state index contributed by atoms with van der Waals surface area (Å²) in [4.78, 5) is 0. The molecule has 0 aromatic heterocycles. The number of hydrogen-bond donors (Lipinski definition) is 1.